The van der Waals surface area contributed by atoms with E-state index in [1.54, 1.807) is 0 Å². The number of hydrogen-bond acceptors (Lipinski definition) is 4. The molecule has 8 saturated carbocycles. The minimum absolute atomic E-state index is 0.291. The van der Waals surface area contributed by atoms with Gasteiger partial charge in [-0.3, -0.25) is 0 Å². The van der Waals surface area contributed by atoms with Gasteiger partial charge in [0.2, 0.25) is 0 Å². The maximum absolute atomic E-state index is 14.0. The zero-order chi connectivity index (χ0) is 32.8. The Labute approximate surface area is 290 Å². The van der Waals surface area contributed by atoms with Crippen molar-refractivity contribution in [3.8, 4) is 11.5 Å². The average molecular weight is 653 g/mol. The van der Waals surface area contributed by atoms with Gasteiger partial charge in [-0.25, -0.2) is 4.79 Å². The van der Waals surface area contributed by atoms with Crippen molar-refractivity contribution in [2.75, 3.05) is 6.61 Å². The molecule has 8 aliphatic rings. The molecule has 10 rings (SSSR count). The molecule has 0 heterocycles. The highest BCUT2D eigenvalue weighted by atomic mass is 16.7. The molecule has 2 aromatic carbocycles. The molecule has 8 fully saturated rings. The highest BCUT2D eigenvalue weighted by Crippen LogP contribution is 2.62. The van der Waals surface area contributed by atoms with Gasteiger partial charge in [0.25, 0.3) is 0 Å². The van der Waals surface area contributed by atoms with Gasteiger partial charge in [0.05, 0.1) is 6.61 Å². The number of carbonyl (C=O) groups is 1. The van der Waals surface area contributed by atoms with Crippen LogP contribution >= 0.6 is 0 Å². The molecule has 0 aliphatic heterocycles. The van der Waals surface area contributed by atoms with Crippen LogP contribution in [0.15, 0.2) is 48.5 Å². The molecule has 8 aliphatic carbocycles. The topological polar surface area (TPSA) is 44.8 Å². The Hall–Kier alpha value is -2.49. The Bertz CT molecular complexity index is 1250. The summed E-state index contributed by atoms with van der Waals surface area (Å²) >= 11 is 0. The standard InChI is InChI=1S/C44H60O4/c1-3-5-6-7-8-9-18-44(41(45)46-4-2,47-39-14-10-37(11-15-39)42-25-31-19-32(26-42)21-33(20-31)27-42)48-40-16-12-38(13-17-40)43-28-34-22-35(29-43)24-36(23-34)30-43/h10-17,31-36H,3-9,18-30H2,1-2H3. The van der Waals surface area contributed by atoms with Gasteiger partial charge in [-0.05, 0) is 172 Å². The molecule has 0 atom stereocenters. The summed E-state index contributed by atoms with van der Waals surface area (Å²) in [6.45, 7) is 4.41. The van der Waals surface area contributed by atoms with Crippen LogP contribution in [0.4, 0.5) is 0 Å². The lowest BCUT2D eigenvalue weighted by Gasteiger charge is -2.57. The van der Waals surface area contributed by atoms with Crippen molar-refractivity contribution in [2.45, 2.75) is 152 Å². The number of carbonyl (C=O) groups excluding carboxylic acids is 1. The van der Waals surface area contributed by atoms with E-state index in [1.807, 2.05) is 6.92 Å². The summed E-state index contributed by atoms with van der Waals surface area (Å²) in [7, 11) is 0. The van der Waals surface area contributed by atoms with Crippen molar-refractivity contribution in [3.63, 3.8) is 0 Å². The van der Waals surface area contributed by atoms with Crippen LogP contribution in [-0.2, 0) is 20.4 Å². The average Bonchev–Trinajstić information content (AvgIpc) is 3.06. The van der Waals surface area contributed by atoms with Crippen molar-refractivity contribution in [3.05, 3.63) is 59.7 Å². The third-order valence-electron chi connectivity index (χ3n) is 14.0. The van der Waals surface area contributed by atoms with Crippen molar-refractivity contribution >= 4 is 5.97 Å². The van der Waals surface area contributed by atoms with Crippen molar-refractivity contribution in [2.24, 2.45) is 35.5 Å². The van der Waals surface area contributed by atoms with E-state index >= 15 is 0 Å². The second-order valence-corrected chi connectivity index (χ2v) is 17.6. The first-order chi connectivity index (χ1) is 23.4. The maximum Gasteiger partial charge on any atom is 0.392 e. The van der Waals surface area contributed by atoms with Gasteiger partial charge in [0, 0.05) is 6.42 Å². The quantitative estimate of drug-likeness (QED) is 0.109. The first kappa shape index (κ1) is 32.7. The van der Waals surface area contributed by atoms with Crippen molar-refractivity contribution < 1.29 is 19.0 Å². The van der Waals surface area contributed by atoms with Gasteiger partial charge in [0.15, 0.2) is 0 Å². The summed E-state index contributed by atoms with van der Waals surface area (Å²) in [4.78, 5) is 14.0. The summed E-state index contributed by atoms with van der Waals surface area (Å²) in [6, 6.07) is 17.6. The molecule has 0 spiro atoms. The zero-order valence-electron chi connectivity index (χ0n) is 29.9. The Morgan fingerprint density at radius 3 is 1.33 bits per heavy atom. The van der Waals surface area contributed by atoms with E-state index in [0.717, 1.165) is 54.8 Å². The normalized spacial score (nSPS) is 35.4. The fraction of sp³-hybridized carbons (Fsp3) is 0.705. The van der Waals surface area contributed by atoms with Gasteiger partial charge >= 0.3 is 11.8 Å². The fourth-order valence-electron chi connectivity index (χ4n) is 12.7. The Morgan fingerprint density at radius 2 is 0.958 bits per heavy atom. The third-order valence-corrected chi connectivity index (χ3v) is 14.0. The highest BCUT2D eigenvalue weighted by Gasteiger charge is 2.53. The Morgan fingerprint density at radius 1 is 0.583 bits per heavy atom. The number of ether oxygens (including phenoxy) is 3. The number of rotatable bonds is 15. The van der Waals surface area contributed by atoms with E-state index in [1.165, 1.54) is 107 Å². The lowest BCUT2D eigenvalue weighted by atomic mass is 9.48. The van der Waals surface area contributed by atoms with E-state index in [0.29, 0.717) is 35.4 Å². The summed E-state index contributed by atoms with van der Waals surface area (Å²) in [5.74, 6) is 4.87. The summed E-state index contributed by atoms with van der Waals surface area (Å²) in [6.07, 6.45) is 23.9. The zero-order valence-corrected chi connectivity index (χ0v) is 29.9. The number of benzene rings is 2. The van der Waals surface area contributed by atoms with Gasteiger partial charge in [-0.2, -0.15) is 0 Å². The van der Waals surface area contributed by atoms with Crippen LogP contribution in [0.25, 0.3) is 0 Å². The van der Waals surface area contributed by atoms with E-state index in [4.69, 9.17) is 14.2 Å². The Kier molecular flexibility index (Phi) is 9.08. The molecule has 48 heavy (non-hydrogen) atoms. The molecule has 2 aromatic rings. The number of esters is 1. The van der Waals surface area contributed by atoms with Crippen LogP contribution in [0, 0.1) is 35.5 Å². The van der Waals surface area contributed by atoms with Crippen LogP contribution in [0.2, 0.25) is 0 Å². The van der Waals surface area contributed by atoms with E-state index in [2.05, 4.69) is 55.5 Å². The molecular formula is C44H60O4. The molecule has 0 aromatic heterocycles. The van der Waals surface area contributed by atoms with Crippen LogP contribution in [0.1, 0.15) is 147 Å². The van der Waals surface area contributed by atoms with E-state index in [-0.39, 0.29) is 0 Å². The van der Waals surface area contributed by atoms with Gasteiger partial charge in [-0.15, -0.1) is 0 Å². The lowest BCUT2D eigenvalue weighted by molar-refractivity contribution is -0.194. The third kappa shape index (κ3) is 6.32. The molecule has 8 bridgehead atoms. The molecule has 4 heteroatoms. The van der Waals surface area contributed by atoms with E-state index in [9.17, 15) is 4.79 Å². The van der Waals surface area contributed by atoms with Crippen LogP contribution in [-0.4, -0.2) is 18.4 Å². The highest BCUT2D eigenvalue weighted by molar-refractivity contribution is 5.79. The summed E-state index contributed by atoms with van der Waals surface area (Å²) < 4.78 is 19.2. The molecule has 0 unspecified atom stereocenters. The first-order valence-corrected chi connectivity index (χ1v) is 20.1. The lowest BCUT2D eigenvalue weighted by Crippen LogP contribution is -2.51. The predicted molar refractivity (Wildman–Crippen MR) is 191 cm³/mol. The van der Waals surface area contributed by atoms with Gasteiger partial charge in [0.1, 0.15) is 11.5 Å². The first-order valence-electron chi connectivity index (χ1n) is 20.1. The smallest absolute Gasteiger partial charge is 0.392 e. The minimum Gasteiger partial charge on any atom is -0.460 e. The molecule has 260 valence electrons. The molecule has 0 radical (unpaired) electrons. The predicted octanol–water partition coefficient (Wildman–Crippen LogP) is 11.1. The van der Waals surface area contributed by atoms with Crippen molar-refractivity contribution in [1.29, 1.82) is 0 Å². The number of hydrogen-bond donors (Lipinski definition) is 0. The van der Waals surface area contributed by atoms with Gasteiger partial charge < -0.3 is 14.2 Å². The second-order valence-electron chi connectivity index (χ2n) is 17.6. The molecule has 0 amide bonds. The monoisotopic (exact) mass is 652 g/mol. The van der Waals surface area contributed by atoms with Crippen LogP contribution in [0.5, 0.6) is 11.5 Å². The summed E-state index contributed by atoms with van der Waals surface area (Å²) in [5.41, 5.74) is 3.60. The van der Waals surface area contributed by atoms with E-state index < -0.39 is 11.8 Å². The fourth-order valence-corrected chi connectivity index (χ4v) is 12.7. The molecular weight excluding hydrogens is 592 g/mol. The van der Waals surface area contributed by atoms with Crippen molar-refractivity contribution in [1.82, 2.24) is 0 Å². The number of unbranched alkanes of at least 4 members (excludes halogenated alkanes) is 5. The molecule has 4 nitrogen and oxygen atoms in total. The maximum atomic E-state index is 14.0. The second kappa shape index (κ2) is 13.3. The Balaban J connectivity index is 1.04. The van der Waals surface area contributed by atoms with Gasteiger partial charge in [-0.1, -0.05) is 63.3 Å². The SMILES string of the molecule is CCCCCCCCC(Oc1ccc(C23CC4CC(CC(C4)C2)C3)cc1)(Oc1ccc(C23CC4CC(CC(C4)C2)C3)cc1)C(=O)OCC. The largest absolute Gasteiger partial charge is 0.460 e. The molecule has 0 saturated heterocycles. The molecule has 0 N–H and O–H groups in total. The summed E-state index contributed by atoms with van der Waals surface area (Å²) in [5, 5.41) is 0. The minimum atomic E-state index is -1.52. The van der Waals surface area contributed by atoms with Crippen LogP contribution in [0.3, 0.4) is 0 Å². The van der Waals surface area contributed by atoms with Crippen LogP contribution < -0.4 is 9.47 Å².